The van der Waals surface area contributed by atoms with Crippen molar-refractivity contribution in [3.05, 3.63) is 80.3 Å². The maximum Gasteiger partial charge on any atom is 0.269 e. The minimum Gasteiger partial charge on any atom is -0.288 e. The fourth-order valence-electron chi connectivity index (χ4n) is 2.61. The van der Waals surface area contributed by atoms with Crippen molar-refractivity contribution in [1.29, 1.82) is 0 Å². The molecule has 1 aliphatic carbocycles. The molecule has 0 aliphatic heterocycles. The summed E-state index contributed by atoms with van der Waals surface area (Å²) in [5.74, 6) is -0.490. The molecule has 0 bridgehead atoms. The van der Waals surface area contributed by atoms with Gasteiger partial charge < -0.3 is 0 Å². The van der Waals surface area contributed by atoms with Crippen molar-refractivity contribution < 1.29 is 14.5 Å². The lowest BCUT2D eigenvalue weighted by Crippen LogP contribution is -2.19. The van der Waals surface area contributed by atoms with Gasteiger partial charge in [0.15, 0.2) is 0 Å². The number of benzene rings is 2. The lowest BCUT2D eigenvalue weighted by Gasteiger charge is -2.11. The smallest absolute Gasteiger partial charge is 0.269 e. The molecule has 0 spiro atoms. The van der Waals surface area contributed by atoms with E-state index in [1.165, 1.54) is 12.1 Å². The van der Waals surface area contributed by atoms with Gasteiger partial charge in [0, 0.05) is 28.8 Å². The van der Waals surface area contributed by atoms with Crippen LogP contribution in [0.15, 0.2) is 48.5 Å². The fourth-order valence-corrected chi connectivity index (χ4v) is 3.63. The van der Waals surface area contributed by atoms with Gasteiger partial charge >= 0.3 is 0 Å². The van der Waals surface area contributed by atoms with Crippen molar-refractivity contribution in [1.82, 2.24) is 4.98 Å². The van der Waals surface area contributed by atoms with E-state index in [0.29, 0.717) is 26.6 Å². The van der Waals surface area contributed by atoms with Gasteiger partial charge in [-0.1, -0.05) is 24.3 Å². The molecule has 0 unspecified atom stereocenters. The van der Waals surface area contributed by atoms with E-state index in [9.17, 15) is 19.7 Å². The van der Waals surface area contributed by atoms with Crippen LogP contribution in [0.3, 0.4) is 0 Å². The molecule has 116 valence electrons. The van der Waals surface area contributed by atoms with Crippen molar-refractivity contribution >= 4 is 28.6 Å². The zero-order valence-corrected chi connectivity index (χ0v) is 12.9. The minimum absolute atomic E-state index is 0.0281. The molecule has 1 heterocycles. The molecule has 0 saturated heterocycles. The molecule has 24 heavy (non-hydrogen) atoms. The number of nitrogens with zero attached hydrogens (tertiary/aromatic N) is 2. The third-order valence-corrected chi connectivity index (χ3v) is 4.89. The molecule has 1 aromatic heterocycles. The molecule has 3 aromatic rings. The van der Waals surface area contributed by atoms with E-state index >= 15 is 0 Å². The van der Waals surface area contributed by atoms with Gasteiger partial charge in [-0.3, -0.25) is 19.7 Å². The molecular weight excluding hydrogens is 328 g/mol. The Labute approximate surface area is 139 Å². The van der Waals surface area contributed by atoms with E-state index in [2.05, 4.69) is 4.98 Å². The quantitative estimate of drug-likeness (QED) is 0.413. The second kappa shape index (κ2) is 5.17. The highest BCUT2D eigenvalue weighted by Gasteiger charge is 2.33. The molecule has 2 aromatic carbocycles. The highest BCUT2D eigenvalue weighted by Crippen LogP contribution is 2.35. The van der Waals surface area contributed by atoms with Crippen LogP contribution in [-0.2, 0) is 0 Å². The topological polar surface area (TPSA) is 90.2 Å². The number of aromatic nitrogens is 1. The van der Waals surface area contributed by atoms with Gasteiger partial charge in [0.2, 0.25) is 11.6 Å². The molecule has 6 nitrogen and oxygen atoms in total. The summed E-state index contributed by atoms with van der Waals surface area (Å²) < 4.78 is 0. The SMILES string of the molecule is O=C1c2ccccc2C(=O)c2sc(-c3ccc([N+](=O)[O-])cc3)nc21. The number of carbonyl (C=O) groups is 2. The average Bonchev–Trinajstić information content (AvgIpc) is 3.05. The number of ketones is 2. The van der Waals surface area contributed by atoms with Gasteiger partial charge in [0.1, 0.15) is 15.6 Å². The Kier molecular flexibility index (Phi) is 3.10. The molecule has 1 aliphatic rings. The summed E-state index contributed by atoms with van der Waals surface area (Å²) in [4.78, 5) is 40.0. The minimum atomic E-state index is -0.486. The third-order valence-electron chi connectivity index (χ3n) is 3.79. The van der Waals surface area contributed by atoms with Crippen LogP contribution in [0.2, 0.25) is 0 Å². The van der Waals surface area contributed by atoms with E-state index in [1.54, 1.807) is 36.4 Å². The number of non-ortho nitro benzene ring substituents is 1. The van der Waals surface area contributed by atoms with Crippen LogP contribution in [0.4, 0.5) is 5.69 Å². The second-order valence-corrected chi connectivity index (χ2v) is 6.20. The Morgan fingerprint density at radius 1 is 0.917 bits per heavy atom. The summed E-state index contributed by atoms with van der Waals surface area (Å²) in [5.41, 5.74) is 1.49. The van der Waals surface area contributed by atoms with E-state index in [4.69, 9.17) is 0 Å². The van der Waals surface area contributed by atoms with Crippen LogP contribution >= 0.6 is 11.3 Å². The highest BCUT2D eigenvalue weighted by molar-refractivity contribution is 7.17. The maximum atomic E-state index is 12.6. The zero-order chi connectivity index (χ0) is 16.8. The van der Waals surface area contributed by atoms with Gasteiger partial charge in [0.25, 0.3) is 5.69 Å². The predicted octanol–water partition coefficient (Wildman–Crippen LogP) is 3.49. The van der Waals surface area contributed by atoms with Crippen molar-refractivity contribution in [2.24, 2.45) is 0 Å². The molecule has 7 heteroatoms. The number of thiazole rings is 1. The maximum absolute atomic E-state index is 12.6. The number of nitro benzene ring substituents is 1. The van der Waals surface area contributed by atoms with Crippen molar-refractivity contribution in [2.45, 2.75) is 0 Å². The zero-order valence-electron chi connectivity index (χ0n) is 12.1. The molecule has 0 amide bonds. The first-order valence-corrected chi connectivity index (χ1v) is 7.82. The lowest BCUT2D eigenvalue weighted by atomic mass is 9.91. The Balaban J connectivity index is 1.81. The molecule has 0 N–H and O–H groups in total. The lowest BCUT2D eigenvalue weighted by molar-refractivity contribution is -0.384. The fraction of sp³-hybridized carbons (Fsp3) is 0. The Morgan fingerprint density at radius 2 is 1.54 bits per heavy atom. The number of hydrogen-bond donors (Lipinski definition) is 0. The van der Waals surface area contributed by atoms with E-state index < -0.39 is 4.92 Å². The summed E-state index contributed by atoms with van der Waals surface area (Å²) in [6.07, 6.45) is 0. The Hall–Kier alpha value is -3.19. The normalized spacial score (nSPS) is 12.7. The summed E-state index contributed by atoms with van der Waals surface area (Å²) in [6, 6.07) is 12.5. The number of hydrogen-bond acceptors (Lipinski definition) is 6. The van der Waals surface area contributed by atoms with E-state index in [1.807, 2.05) is 0 Å². The first-order valence-electron chi connectivity index (χ1n) is 7.00. The van der Waals surface area contributed by atoms with Crippen LogP contribution < -0.4 is 0 Å². The summed E-state index contributed by atoms with van der Waals surface area (Å²) in [5, 5.41) is 11.2. The molecule has 0 fully saturated rings. The summed E-state index contributed by atoms with van der Waals surface area (Å²) in [6.45, 7) is 0. The largest absolute Gasteiger partial charge is 0.288 e. The molecule has 0 radical (unpaired) electrons. The highest BCUT2D eigenvalue weighted by atomic mass is 32.1. The van der Waals surface area contributed by atoms with Crippen LogP contribution in [0.5, 0.6) is 0 Å². The molecule has 0 saturated carbocycles. The van der Waals surface area contributed by atoms with E-state index in [0.717, 1.165) is 11.3 Å². The first-order chi connectivity index (χ1) is 11.6. The van der Waals surface area contributed by atoms with Gasteiger partial charge in [-0.15, -0.1) is 11.3 Å². The Bertz CT molecular complexity index is 969. The van der Waals surface area contributed by atoms with Crippen molar-refractivity contribution in [3.8, 4) is 10.6 Å². The number of carbonyl (C=O) groups excluding carboxylic acids is 2. The van der Waals surface area contributed by atoms with Gasteiger partial charge in [-0.05, 0) is 12.1 Å². The third kappa shape index (κ3) is 2.06. The number of rotatable bonds is 2. The summed E-state index contributed by atoms with van der Waals surface area (Å²) in [7, 11) is 0. The van der Waals surface area contributed by atoms with Crippen molar-refractivity contribution in [3.63, 3.8) is 0 Å². The number of nitro groups is 1. The molecule has 0 atom stereocenters. The van der Waals surface area contributed by atoms with Gasteiger partial charge in [-0.2, -0.15) is 0 Å². The van der Waals surface area contributed by atoms with Crippen LogP contribution in [0.25, 0.3) is 10.6 Å². The van der Waals surface area contributed by atoms with E-state index in [-0.39, 0.29) is 22.9 Å². The van der Waals surface area contributed by atoms with Gasteiger partial charge in [-0.25, -0.2) is 4.98 Å². The molecular formula is C17H8N2O4S. The van der Waals surface area contributed by atoms with Crippen LogP contribution in [-0.4, -0.2) is 21.5 Å². The van der Waals surface area contributed by atoms with Crippen molar-refractivity contribution in [2.75, 3.05) is 0 Å². The monoisotopic (exact) mass is 336 g/mol. The average molecular weight is 336 g/mol. The predicted molar refractivity (Wildman–Crippen MR) is 87.5 cm³/mol. The summed E-state index contributed by atoms with van der Waals surface area (Å²) >= 11 is 1.13. The second-order valence-electron chi connectivity index (χ2n) is 5.20. The molecule has 4 rings (SSSR count). The standard InChI is InChI=1S/C17H8N2O4S/c20-14-11-3-1-2-4-12(11)15(21)16-13(14)18-17(24-16)9-5-7-10(8-6-9)19(22)23/h1-8H. The Morgan fingerprint density at radius 3 is 2.17 bits per heavy atom. The van der Waals surface area contributed by atoms with Gasteiger partial charge in [0.05, 0.1) is 4.92 Å². The van der Waals surface area contributed by atoms with Crippen LogP contribution in [0, 0.1) is 10.1 Å². The first kappa shape index (κ1) is 14.4. The number of fused-ring (bicyclic) bond motifs is 2. The van der Waals surface area contributed by atoms with Crippen LogP contribution in [0.1, 0.15) is 31.3 Å².